The summed E-state index contributed by atoms with van der Waals surface area (Å²) < 4.78 is 5.13. The molecule has 1 aromatic carbocycles. The molecule has 1 aliphatic rings. The summed E-state index contributed by atoms with van der Waals surface area (Å²) in [6.45, 7) is 3.88. The van der Waals surface area contributed by atoms with Crippen LogP contribution in [0, 0.1) is 5.92 Å². The molecule has 2 rings (SSSR count). The predicted octanol–water partition coefficient (Wildman–Crippen LogP) is 2.53. The molecule has 0 bridgehead atoms. The van der Waals surface area contributed by atoms with Crippen molar-refractivity contribution in [2.24, 2.45) is 5.92 Å². The van der Waals surface area contributed by atoms with Crippen LogP contribution in [-0.4, -0.2) is 7.11 Å². The molecule has 0 amide bonds. The first-order valence-electron chi connectivity index (χ1n) is 4.80. The third-order valence-electron chi connectivity index (χ3n) is 2.83. The number of benzene rings is 1. The summed E-state index contributed by atoms with van der Waals surface area (Å²) in [6, 6.07) is 8.06. The minimum Gasteiger partial charge on any atom is -0.501 e. The van der Waals surface area contributed by atoms with Crippen LogP contribution in [0.4, 0.5) is 5.69 Å². The fourth-order valence-corrected chi connectivity index (χ4v) is 1.81. The Bertz CT molecular complexity index is 342. The Morgan fingerprint density at radius 1 is 1.43 bits per heavy atom. The fraction of sp³-hybridized carbons (Fsp3) is 0.333. The molecule has 0 heterocycles. The number of hydrogen-bond acceptors (Lipinski definition) is 2. The predicted molar refractivity (Wildman–Crippen MR) is 57.9 cm³/mol. The lowest BCUT2D eigenvalue weighted by atomic mass is 10.1. The molecule has 1 aliphatic carbocycles. The van der Waals surface area contributed by atoms with Crippen LogP contribution in [0.2, 0.25) is 0 Å². The second-order valence-corrected chi connectivity index (χ2v) is 3.79. The lowest BCUT2D eigenvalue weighted by Gasteiger charge is -2.03. The van der Waals surface area contributed by atoms with Gasteiger partial charge in [-0.1, -0.05) is 18.7 Å². The molecule has 1 aromatic rings. The maximum absolute atomic E-state index is 5.63. The van der Waals surface area contributed by atoms with Crippen molar-refractivity contribution in [2.45, 2.75) is 12.3 Å². The Morgan fingerprint density at radius 3 is 2.64 bits per heavy atom. The standard InChI is InChI=1S/C12H15NO/c1-8(14-2)11-7-12(11)9-3-5-10(13)6-4-9/h3-6,11-12H,1,7,13H2,2H3/t11-,12?/m0/s1. The number of ether oxygens (including phenoxy) is 1. The third-order valence-corrected chi connectivity index (χ3v) is 2.83. The lowest BCUT2D eigenvalue weighted by molar-refractivity contribution is 0.271. The third kappa shape index (κ3) is 1.60. The summed E-state index contributed by atoms with van der Waals surface area (Å²) in [5.74, 6) is 1.98. The van der Waals surface area contributed by atoms with E-state index in [0.29, 0.717) is 11.8 Å². The van der Waals surface area contributed by atoms with Gasteiger partial charge in [-0.25, -0.2) is 0 Å². The number of anilines is 1. The summed E-state index contributed by atoms with van der Waals surface area (Å²) in [4.78, 5) is 0. The normalized spacial score (nSPS) is 24.4. The largest absolute Gasteiger partial charge is 0.501 e. The zero-order valence-electron chi connectivity index (χ0n) is 8.36. The van der Waals surface area contributed by atoms with Crippen LogP contribution in [0.1, 0.15) is 17.9 Å². The maximum atomic E-state index is 5.63. The highest BCUT2D eigenvalue weighted by Crippen LogP contribution is 2.51. The molecule has 74 valence electrons. The van der Waals surface area contributed by atoms with Crippen LogP contribution >= 0.6 is 0 Å². The molecule has 2 nitrogen and oxygen atoms in total. The highest BCUT2D eigenvalue weighted by molar-refractivity contribution is 5.42. The van der Waals surface area contributed by atoms with Gasteiger partial charge in [0.1, 0.15) is 0 Å². The van der Waals surface area contributed by atoms with E-state index in [9.17, 15) is 0 Å². The van der Waals surface area contributed by atoms with Crippen molar-refractivity contribution in [1.82, 2.24) is 0 Å². The van der Waals surface area contributed by atoms with Crippen molar-refractivity contribution in [1.29, 1.82) is 0 Å². The van der Waals surface area contributed by atoms with E-state index in [1.54, 1.807) is 7.11 Å². The number of hydrogen-bond donors (Lipinski definition) is 1. The number of rotatable bonds is 3. The smallest absolute Gasteiger partial charge is 0.0921 e. The lowest BCUT2D eigenvalue weighted by Crippen LogP contribution is -1.90. The molecule has 1 fully saturated rings. The van der Waals surface area contributed by atoms with Crippen LogP contribution in [-0.2, 0) is 4.74 Å². The van der Waals surface area contributed by atoms with Gasteiger partial charge in [-0.05, 0) is 30.0 Å². The second-order valence-electron chi connectivity index (χ2n) is 3.79. The molecule has 0 aromatic heterocycles. The number of nitrogen functional groups attached to an aromatic ring is 1. The van der Waals surface area contributed by atoms with Crippen LogP contribution in [0.15, 0.2) is 36.6 Å². The first-order chi connectivity index (χ1) is 6.72. The van der Waals surface area contributed by atoms with Gasteiger partial charge in [0, 0.05) is 11.6 Å². The molecular formula is C12H15NO. The summed E-state index contributed by atoms with van der Waals surface area (Å²) in [5.41, 5.74) is 7.78. The highest BCUT2D eigenvalue weighted by atomic mass is 16.5. The van der Waals surface area contributed by atoms with E-state index in [1.165, 1.54) is 5.56 Å². The zero-order valence-corrected chi connectivity index (χ0v) is 8.36. The van der Waals surface area contributed by atoms with Crippen LogP contribution in [0.3, 0.4) is 0 Å². The van der Waals surface area contributed by atoms with Crippen LogP contribution in [0.5, 0.6) is 0 Å². The molecule has 14 heavy (non-hydrogen) atoms. The Balaban J connectivity index is 2.06. The Hall–Kier alpha value is -1.44. The van der Waals surface area contributed by atoms with Gasteiger partial charge in [0.25, 0.3) is 0 Å². The molecule has 2 N–H and O–H groups in total. The van der Waals surface area contributed by atoms with Gasteiger partial charge >= 0.3 is 0 Å². The van der Waals surface area contributed by atoms with E-state index in [4.69, 9.17) is 10.5 Å². The molecule has 2 atom stereocenters. The van der Waals surface area contributed by atoms with Gasteiger partial charge in [-0.3, -0.25) is 0 Å². The van der Waals surface area contributed by atoms with E-state index in [2.05, 4.69) is 18.7 Å². The number of allylic oxidation sites excluding steroid dienone is 1. The number of methoxy groups -OCH3 is 1. The molecular weight excluding hydrogens is 174 g/mol. The zero-order chi connectivity index (χ0) is 10.1. The van der Waals surface area contributed by atoms with Crippen molar-refractivity contribution in [2.75, 3.05) is 12.8 Å². The van der Waals surface area contributed by atoms with E-state index in [0.717, 1.165) is 17.9 Å². The maximum Gasteiger partial charge on any atom is 0.0921 e. The van der Waals surface area contributed by atoms with Crippen LogP contribution in [0.25, 0.3) is 0 Å². The minimum atomic E-state index is 0.503. The first-order valence-corrected chi connectivity index (χ1v) is 4.80. The Kier molecular flexibility index (Phi) is 2.20. The highest BCUT2D eigenvalue weighted by Gasteiger charge is 2.41. The van der Waals surface area contributed by atoms with E-state index < -0.39 is 0 Å². The van der Waals surface area contributed by atoms with Crippen molar-refractivity contribution in [3.8, 4) is 0 Å². The SMILES string of the molecule is C=C(OC)[C@@H]1CC1c1ccc(N)cc1. The molecule has 0 spiro atoms. The second kappa shape index (κ2) is 3.37. The molecule has 2 heteroatoms. The van der Waals surface area contributed by atoms with Gasteiger partial charge in [-0.2, -0.15) is 0 Å². The Labute approximate surface area is 84.4 Å². The summed E-state index contributed by atoms with van der Waals surface area (Å²) in [7, 11) is 1.68. The monoisotopic (exact) mass is 189 g/mol. The first kappa shape index (κ1) is 9.13. The van der Waals surface area contributed by atoms with Gasteiger partial charge < -0.3 is 10.5 Å². The summed E-state index contributed by atoms with van der Waals surface area (Å²) in [6.07, 6.45) is 1.15. The quantitative estimate of drug-likeness (QED) is 0.585. The molecule has 1 saturated carbocycles. The topological polar surface area (TPSA) is 35.2 Å². The van der Waals surface area contributed by atoms with Crippen LogP contribution < -0.4 is 5.73 Å². The van der Waals surface area contributed by atoms with Crippen molar-refractivity contribution < 1.29 is 4.74 Å². The van der Waals surface area contributed by atoms with Crippen molar-refractivity contribution >= 4 is 5.69 Å². The number of nitrogens with two attached hydrogens (primary N) is 1. The van der Waals surface area contributed by atoms with Crippen molar-refractivity contribution in [3.05, 3.63) is 42.2 Å². The molecule has 0 aliphatic heterocycles. The van der Waals surface area contributed by atoms with Gasteiger partial charge in [0.15, 0.2) is 0 Å². The van der Waals surface area contributed by atoms with E-state index >= 15 is 0 Å². The molecule has 0 saturated heterocycles. The Morgan fingerprint density at radius 2 is 2.07 bits per heavy atom. The fourth-order valence-electron chi connectivity index (χ4n) is 1.81. The average Bonchev–Trinajstić information content (AvgIpc) is 2.98. The van der Waals surface area contributed by atoms with E-state index in [1.807, 2.05) is 12.1 Å². The summed E-state index contributed by atoms with van der Waals surface area (Å²) in [5, 5.41) is 0. The average molecular weight is 189 g/mol. The molecule has 0 radical (unpaired) electrons. The van der Waals surface area contributed by atoms with Gasteiger partial charge in [-0.15, -0.1) is 0 Å². The van der Waals surface area contributed by atoms with Crippen molar-refractivity contribution in [3.63, 3.8) is 0 Å². The minimum absolute atomic E-state index is 0.503. The summed E-state index contributed by atoms with van der Waals surface area (Å²) >= 11 is 0. The van der Waals surface area contributed by atoms with E-state index in [-0.39, 0.29) is 0 Å². The molecule has 1 unspecified atom stereocenters. The van der Waals surface area contributed by atoms with Gasteiger partial charge in [0.05, 0.1) is 12.9 Å². The van der Waals surface area contributed by atoms with Gasteiger partial charge in [0.2, 0.25) is 0 Å².